The maximum absolute atomic E-state index is 12.5. The van der Waals surface area contributed by atoms with Crippen LogP contribution in [0.5, 0.6) is 11.5 Å². The summed E-state index contributed by atoms with van der Waals surface area (Å²) in [4.78, 5) is 14.9. The lowest BCUT2D eigenvalue weighted by Gasteiger charge is -2.35. The van der Waals surface area contributed by atoms with E-state index in [1.165, 1.54) is 0 Å². The van der Waals surface area contributed by atoms with Gasteiger partial charge in [-0.05, 0) is 30.5 Å². The van der Waals surface area contributed by atoms with Crippen LogP contribution < -0.4 is 14.8 Å². The summed E-state index contributed by atoms with van der Waals surface area (Å²) < 4.78 is 15.9. The first-order chi connectivity index (χ1) is 12.0. The third-order valence-corrected chi connectivity index (χ3v) is 4.45. The number of amides is 1. The van der Waals surface area contributed by atoms with Gasteiger partial charge in [0.25, 0.3) is 5.91 Å². The quantitative estimate of drug-likeness (QED) is 0.779. The van der Waals surface area contributed by atoms with Gasteiger partial charge in [0.05, 0.1) is 27.4 Å². The normalized spacial score (nSPS) is 16.5. The van der Waals surface area contributed by atoms with Crippen molar-refractivity contribution in [3.05, 3.63) is 23.8 Å². The molecule has 25 heavy (non-hydrogen) atoms. The Morgan fingerprint density at radius 3 is 2.48 bits per heavy atom. The van der Waals surface area contributed by atoms with E-state index in [1.54, 1.807) is 32.4 Å². The molecule has 0 aliphatic carbocycles. The molecule has 0 aromatic heterocycles. The second kappa shape index (κ2) is 9.63. The van der Waals surface area contributed by atoms with E-state index >= 15 is 0 Å². The highest BCUT2D eigenvalue weighted by Gasteiger charge is 2.22. The van der Waals surface area contributed by atoms with Gasteiger partial charge in [-0.1, -0.05) is 13.8 Å². The molecule has 1 aliphatic rings. The highest BCUT2D eigenvalue weighted by molar-refractivity contribution is 5.94. The Bertz CT molecular complexity index is 556. The number of carbonyl (C=O) groups is 1. The molecule has 1 aromatic rings. The fraction of sp³-hybridized carbons (Fsp3) is 0.632. The molecular formula is C19H30N2O4. The van der Waals surface area contributed by atoms with Gasteiger partial charge in [-0.25, -0.2) is 0 Å². The molecule has 6 heteroatoms. The number of methoxy groups -OCH3 is 2. The van der Waals surface area contributed by atoms with Crippen molar-refractivity contribution in [3.63, 3.8) is 0 Å². The largest absolute Gasteiger partial charge is 0.493 e. The molecule has 0 saturated carbocycles. The highest BCUT2D eigenvalue weighted by atomic mass is 16.5. The van der Waals surface area contributed by atoms with Gasteiger partial charge in [-0.2, -0.15) is 0 Å². The van der Waals surface area contributed by atoms with Crippen LogP contribution in [0.1, 0.15) is 30.6 Å². The van der Waals surface area contributed by atoms with Crippen molar-refractivity contribution in [3.8, 4) is 11.5 Å². The third-order valence-electron chi connectivity index (χ3n) is 4.45. The van der Waals surface area contributed by atoms with Gasteiger partial charge in [0.2, 0.25) is 0 Å². The fourth-order valence-corrected chi connectivity index (χ4v) is 3.14. The SMILES string of the molecule is COc1ccc(C(=O)NCC(CC(C)C)N2CCOCC2)cc1OC. The summed E-state index contributed by atoms with van der Waals surface area (Å²) in [5.74, 6) is 1.65. The van der Waals surface area contributed by atoms with Crippen LogP contribution in [0.2, 0.25) is 0 Å². The minimum Gasteiger partial charge on any atom is -0.493 e. The molecule has 1 unspecified atom stereocenters. The summed E-state index contributed by atoms with van der Waals surface area (Å²) in [7, 11) is 3.15. The molecule has 6 nitrogen and oxygen atoms in total. The summed E-state index contributed by atoms with van der Waals surface area (Å²) >= 11 is 0. The Hall–Kier alpha value is -1.79. The number of morpholine rings is 1. The Balaban J connectivity index is 1.99. The predicted molar refractivity (Wildman–Crippen MR) is 97.5 cm³/mol. The maximum atomic E-state index is 12.5. The Labute approximate surface area is 150 Å². The van der Waals surface area contributed by atoms with Crippen molar-refractivity contribution < 1.29 is 19.0 Å². The van der Waals surface area contributed by atoms with Gasteiger partial charge < -0.3 is 19.5 Å². The van der Waals surface area contributed by atoms with E-state index in [4.69, 9.17) is 14.2 Å². The van der Waals surface area contributed by atoms with Gasteiger partial charge in [0.1, 0.15) is 0 Å². The summed E-state index contributed by atoms with van der Waals surface area (Å²) in [6.45, 7) is 8.42. The standard InChI is InChI=1S/C19H30N2O4/c1-14(2)11-16(21-7-9-25-10-8-21)13-20-19(22)15-5-6-17(23-3)18(12-15)24-4/h5-6,12,14,16H,7-11,13H2,1-4H3,(H,20,22). The lowest BCUT2D eigenvalue weighted by atomic mass is 10.0. The van der Waals surface area contributed by atoms with Crippen LogP contribution in [-0.2, 0) is 4.74 Å². The van der Waals surface area contributed by atoms with Crippen LogP contribution in [0.3, 0.4) is 0 Å². The molecule has 1 aromatic carbocycles. The number of hydrogen-bond acceptors (Lipinski definition) is 5. The average Bonchev–Trinajstić information content (AvgIpc) is 2.64. The Kier molecular flexibility index (Phi) is 7.52. The molecule has 1 heterocycles. The van der Waals surface area contributed by atoms with Crippen molar-refractivity contribution in [2.75, 3.05) is 47.1 Å². The van der Waals surface area contributed by atoms with Gasteiger partial charge in [-0.3, -0.25) is 9.69 Å². The van der Waals surface area contributed by atoms with E-state index in [0.717, 1.165) is 32.7 Å². The molecule has 0 radical (unpaired) electrons. The number of ether oxygens (including phenoxy) is 3. The zero-order valence-electron chi connectivity index (χ0n) is 15.7. The number of nitrogens with zero attached hydrogens (tertiary/aromatic N) is 1. The monoisotopic (exact) mass is 350 g/mol. The average molecular weight is 350 g/mol. The minimum absolute atomic E-state index is 0.0945. The molecule has 1 amide bonds. The molecule has 1 saturated heterocycles. The minimum atomic E-state index is -0.0945. The molecule has 1 atom stereocenters. The number of benzene rings is 1. The van der Waals surface area contributed by atoms with Crippen molar-refractivity contribution >= 4 is 5.91 Å². The first kappa shape index (κ1) is 19.5. The third kappa shape index (κ3) is 5.61. The van der Waals surface area contributed by atoms with Crippen LogP contribution in [0.4, 0.5) is 0 Å². The van der Waals surface area contributed by atoms with Crippen LogP contribution in [-0.4, -0.2) is 63.9 Å². The van der Waals surface area contributed by atoms with Gasteiger partial charge in [0, 0.05) is 31.2 Å². The molecule has 1 aliphatic heterocycles. The van der Waals surface area contributed by atoms with E-state index < -0.39 is 0 Å². The second-order valence-corrected chi connectivity index (χ2v) is 6.71. The van der Waals surface area contributed by atoms with Gasteiger partial charge >= 0.3 is 0 Å². The number of nitrogens with one attached hydrogen (secondary N) is 1. The second-order valence-electron chi connectivity index (χ2n) is 6.71. The lowest BCUT2D eigenvalue weighted by molar-refractivity contribution is 0.0124. The maximum Gasteiger partial charge on any atom is 0.251 e. The van der Waals surface area contributed by atoms with Crippen molar-refractivity contribution in [2.45, 2.75) is 26.3 Å². The number of hydrogen-bond donors (Lipinski definition) is 1. The highest BCUT2D eigenvalue weighted by Crippen LogP contribution is 2.27. The Morgan fingerprint density at radius 1 is 1.20 bits per heavy atom. The Morgan fingerprint density at radius 2 is 1.88 bits per heavy atom. The van der Waals surface area contributed by atoms with Crippen LogP contribution >= 0.6 is 0 Å². The van der Waals surface area contributed by atoms with Crippen molar-refractivity contribution in [1.82, 2.24) is 10.2 Å². The topological polar surface area (TPSA) is 60.0 Å². The fourth-order valence-electron chi connectivity index (χ4n) is 3.14. The zero-order chi connectivity index (χ0) is 18.2. The van der Waals surface area contributed by atoms with Crippen molar-refractivity contribution in [1.29, 1.82) is 0 Å². The van der Waals surface area contributed by atoms with E-state index in [2.05, 4.69) is 24.1 Å². The molecule has 1 fully saturated rings. The summed E-state index contributed by atoms with van der Waals surface area (Å²) in [5, 5.41) is 3.07. The van der Waals surface area contributed by atoms with Crippen LogP contribution in [0.15, 0.2) is 18.2 Å². The summed E-state index contributed by atoms with van der Waals surface area (Å²) in [6, 6.07) is 5.54. The number of carbonyl (C=O) groups excluding carboxylic acids is 1. The van der Waals surface area contributed by atoms with E-state index in [9.17, 15) is 4.79 Å². The summed E-state index contributed by atoms with van der Waals surface area (Å²) in [5.41, 5.74) is 0.572. The molecule has 1 N–H and O–H groups in total. The van der Waals surface area contributed by atoms with E-state index in [1.807, 2.05) is 0 Å². The first-order valence-corrected chi connectivity index (χ1v) is 8.87. The first-order valence-electron chi connectivity index (χ1n) is 8.87. The molecule has 0 bridgehead atoms. The number of rotatable bonds is 8. The zero-order valence-corrected chi connectivity index (χ0v) is 15.7. The summed E-state index contributed by atoms with van der Waals surface area (Å²) in [6.07, 6.45) is 1.05. The van der Waals surface area contributed by atoms with Crippen LogP contribution in [0, 0.1) is 5.92 Å². The van der Waals surface area contributed by atoms with Crippen LogP contribution in [0.25, 0.3) is 0 Å². The molecule has 2 rings (SSSR count). The molecule has 140 valence electrons. The van der Waals surface area contributed by atoms with E-state index in [0.29, 0.717) is 35.6 Å². The molecular weight excluding hydrogens is 320 g/mol. The smallest absolute Gasteiger partial charge is 0.251 e. The van der Waals surface area contributed by atoms with Gasteiger partial charge in [0.15, 0.2) is 11.5 Å². The van der Waals surface area contributed by atoms with Crippen molar-refractivity contribution in [2.24, 2.45) is 5.92 Å². The predicted octanol–water partition coefficient (Wildman–Crippen LogP) is 2.18. The lowest BCUT2D eigenvalue weighted by Crippen LogP contribution is -2.49. The van der Waals surface area contributed by atoms with E-state index in [-0.39, 0.29) is 5.91 Å². The molecule has 0 spiro atoms. The van der Waals surface area contributed by atoms with Gasteiger partial charge in [-0.15, -0.1) is 0 Å².